The van der Waals surface area contributed by atoms with E-state index in [0.717, 1.165) is 44.1 Å². The molecule has 32 heavy (non-hydrogen) atoms. The minimum Gasteiger partial charge on any atom is -0.545 e. The molecule has 0 aromatic heterocycles. The summed E-state index contributed by atoms with van der Waals surface area (Å²) >= 11 is 0. The summed E-state index contributed by atoms with van der Waals surface area (Å²) < 4.78 is 5.54. The second kappa shape index (κ2) is 11.3. The van der Waals surface area contributed by atoms with E-state index in [9.17, 15) is 14.7 Å². The predicted molar refractivity (Wildman–Crippen MR) is 125 cm³/mol. The predicted octanol–water partition coefficient (Wildman–Crippen LogP) is 5.62. The van der Waals surface area contributed by atoms with Gasteiger partial charge in [0.15, 0.2) is 0 Å². The van der Waals surface area contributed by atoms with Crippen molar-refractivity contribution in [1.82, 2.24) is 0 Å². The van der Waals surface area contributed by atoms with E-state index in [1.165, 1.54) is 23.3 Å². The van der Waals surface area contributed by atoms with E-state index in [-0.39, 0.29) is 5.56 Å². The smallest absolute Gasteiger partial charge is 0.343 e. The first kappa shape index (κ1) is 23.3. The minimum atomic E-state index is -1.27. The van der Waals surface area contributed by atoms with Gasteiger partial charge in [0.2, 0.25) is 0 Å². The first-order valence-electron chi connectivity index (χ1n) is 11.3. The molecule has 3 aromatic rings. The zero-order chi connectivity index (χ0) is 22.9. The van der Waals surface area contributed by atoms with Crippen molar-refractivity contribution in [2.45, 2.75) is 52.4 Å². The van der Waals surface area contributed by atoms with Crippen molar-refractivity contribution >= 4 is 11.9 Å². The molecule has 0 spiro atoms. The third-order valence-electron chi connectivity index (χ3n) is 5.51. The molecule has 0 radical (unpaired) electrons. The fourth-order valence-electron chi connectivity index (χ4n) is 3.59. The quantitative estimate of drug-likeness (QED) is 0.310. The molecule has 0 heterocycles. The van der Waals surface area contributed by atoms with Crippen LogP contribution < -0.4 is 9.84 Å². The molecule has 0 aliphatic rings. The highest BCUT2D eigenvalue weighted by Crippen LogP contribution is 2.29. The van der Waals surface area contributed by atoms with Crippen LogP contribution in [0.1, 0.15) is 71.4 Å². The molecule has 0 unspecified atom stereocenters. The van der Waals surface area contributed by atoms with Gasteiger partial charge in [0.05, 0.1) is 11.5 Å². The topological polar surface area (TPSA) is 66.4 Å². The number of carboxylic acids is 1. The van der Waals surface area contributed by atoms with Gasteiger partial charge in [-0.1, -0.05) is 63.1 Å². The zero-order valence-corrected chi connectivity index (χ0v) is 18.7. The van der Waals surface area contributed by atoms with Gasteiger partial charge in [-0.25, -0.2) is 4.79 Å². The molecule has 0 bridgehead atoms. The number of ether oxygens (including phenoxy) is 1. The number of unbranched alkanes of at least 4 members (excludes halogenated alkanes) is 2. The number of rotatable bonds is 10. The number of aromatic carboxylic acids is 1. The molecule has 0 N–H and O–H groups in total. The van der Waals surface area contributed by atoms with Crippen molar-refractivity contribution in [1.29, 1.82) is 0 Å². The van der Waals surface area contributed by atoms with E-state index in [2.05, 4.69) is 13.8 Å². The van der Waals surface area contributed by atoms with Crippen LogP contribution in [0.25, 0.3) is 11.1 Å². The van der Waals surface area contributed by atoms with Gasteiger partial charge < -0.3 is 14.6 Å². The van der Waals surface area contributed by atoms with E-state index in [0.29, 0.717) is 16.9 Å². The number of aryl methyl sites for hydroxylation is 2. The Labute approximate surface area is 189 Å². The Balaban J connectivity index is 1.81. The van der Waals surface area contributed by atoms with Crippen LogP contribution in [0.4, 0.5) is 0 Å². The summed E-state index contributed by atoms with van der Waals surface area (Å²) in [5.41, 5.74) is 4.11. The maximum absolute atomic E-state index is 12.6. The Morgan fingerprint density at radius 3 is 1.88 bits per heavy atom. The molecule has 0 amide bonds. The molecule has 4 nitrogen and oxygen atoms in total. The van der Waals surface area contributed by atoms with Gasteiger partial charge in [-0.3, -0.25) is 0 Å². The molecule has 0 atom stereocenters. The fourth-order valence-corrected chi connectivity index (χ4v) is 3.59. The van der Waals surface area contributed by atoms with Gasteiger partial charge in [-0.2, -0.15) is 0 Å². The van der Waals surface area contributed by atoms with Gasteiger partial charge in [0, 0.05) is 5.56 Å². The monoisotopic (exact) mass is 429 g/mol. The van der Waals surface area contributed by atoms with Crippen molar-refractivity contribution in [3.8, 4) is 16.9 Å². The number of carboxylic acid groups (broad SMARTS) is 1. The molecule has 0 fully saturated rings. The van der Waals surface area contributed by atoms with E-state index in [1.807, 2.05) is 36.4 Å². The lowest BCUT2D eigenvalue weighted by atomic mass is 9.97. The van der Waals surface area contributed by atoms with Crippen molar-refractivity contribution in [2.75, 3.05) is 0 Å². The number of benzene rings is 3. The Morgan fingerprint density at radius 1 is 0.781 bits per heavy atom. The number of carbonyl (C=O) groups excluding carboxylic acids is 2. The van der Waals surface area contributed by atoms with Gasteiger partial charge >= 0.3 is 5.97 Å². The number of carbonyl (C=O) groups is 2. The lowest BCUT2D eigenvalue weighted by Gasteiger charge is -2.14. The molecule has 3 aromatic carbocycles. The maximum Gasteiger partial charge on any atom is 0.343 e. The van der Waals surface area contributed by atoms with Crippen molar-refractivity contribution in [3.05, 3.63) is 89.0 Å². The van der Waals surface area contributed by atoms with Crippen LogP contribution in [0.2, 0.25) is 0 Å². The summed E-state index contributed by atoms with van der Waals surface area (Å²) in [4.78, 5) is 24.2. The Bertz CT molecular complexity index is 1050. The number of esters is 1. The average Bonchev–Trinajstić information content (AvgIpc) is 2.82. The number of hydrogen-bond donors (Lipinski definition) is 0. The van der Waals surface area contributed by atoms with Crippen LogP contribution in [-0.4, -0.2) is 11.9 Å². The Morgan fingerprint density at radius 2 is 1.34 bits per heavy atom. The lowest BCUT2D eigenvalue weighted by molar-refractivity contribution is -0.254. The zero-order valence-electron chi connectivity index (χ0n) is 18.7. The maximum atomic E-state index is 12.6. The van der Waals surface area contributed by atoms with Crippen LogP contribution in [0.3, 0.4) is 0 Å². The highest BCUT2D eigenvalue weighted by Gasteiger charge is 2.13. The highest BCUT2D eigenvalue weighted by molar-refractivity contribution is 5.96. The van der Waals surface area contributed by atoms with Gasteiger partial charge in [-0.05, 0) is 78.3 Å². The van der Waals surface area contributed by atoms with Gasteiger partial charge in [-0.15, -0.1) is 0 Å². The van der Waals surface area contributed by atoms with E-state index in [4.69, 9.17) is 4.74 Å². The SMILES string of the molecule is CCCCc1ccc(C(=O)Oc2ccc(C(=O)[O-])c(-c3ccc(CCCC)cc3)c2)cc1. The average molecular weight is 430 g/mol. The lowest BCUT2D eigenvalue weighted by Crippen LogP contribution is -2.23. The van der Waals surface area contributed by atoms with Crippen molar-refractivity contribution in [2.24, 2.45) is 0 Å². The minimum absolute atomic E-state index is 0.0615. The van der Waals surface area contributed by atoms with E-state index in [1.54, 1.807) is 18.2 Å². The number of hydrogen-bond acceptors (Lipinski definition) is 4. The summed E-state index contributed by atoms with van der Waals surface area (Å²) in [6.45, 7) is 4.29. The van der Waals surface area contributed by atoms with Crippen LogP contribution in [0.5, 0.6) is 5.75 Å². The molecule has 0 saturated heterocycles. The molecule has 0 aliphatic heterocycles. The van der Waals surface area contributed by atoms with Gasteiger partial charge in [0.1, 0.15) is 5.75 Å². The second-order valence-corrected chi connectivity index (χ2v) is 7.99. The molecule has 0 saturated carbocycles. The van der Waals surface area contributed by atoms with Crippen LogP contribution in [-0.2, 0) is 12.8 Å². The fraction of sp³-hybridized carbons (Fsp3) is 0.286. The molecule has 4 heteroatoms. The van der Waals surface area contributed by atoms with Crippen molar-refractivity contribution in [3.63, 3.8) is 0 Å². The highest BCUT2D eigenvalue weighted by atomic mass is 16.5. The summed E-state index contributed by atoms with van der Waals surface area (Å²) in [5, 5.41) is 11.6. The summed E-state index contributed by atoms with van der Waals surface area (Å²) in [6.07, 6.45) is 6.42. The summed E-state index contributed by atoms with van der Waals surface area (Å²) in [6, 6.07) is 19.7. The molecule has 3 rings (SSSR count). The van der Waals surface area contributed by atoms with Gasteiger partial charge in [0.25, 0.3) is 0 Å². The normalized spacial score (nSPS) is 10.7. The second-order valence-electron chi connectivity index (χ2n) is 7.99. The summed E-state index contributed by atoms with van der Waals surface area (Å²) in [7, 11) is 0. The van der Waals surface area contributed by atoms with E-state index >= 15 is 0 Å². The third-order valence-corrected chi connectivity index (χ3v) is 5.51. The van der Waals surface area contributed by atoms with Crippen LogP contribution in [0.15, 0.2) is 66.7 Å². The Kier molecular flexibility index (Phi) is 8.20. The van der Waals surface area contributed by atoms with Crippen LogP contribution in [0, 0.1) is 0 Å². The standard InChI is InChI=1S/C28H30O4/c1-3-5-7-20-9-13-22(14-10-20)26-19-24(17-18-25(26)27(29)30)32-28(31)23-15-11-21(12-16-23)8-6-4-2/h9-19H,3-8H2,1-2H3,(H,29,30)/p-1. The molecular formula is C28H29O4-. The van der Waals surface area contributed by atoms with Crippen LogP contribution >= 0.6 is 0 Å². The van der Waals surface area contributed by atoms with E-state index < -0.39 is 11.9 Å². The Hall–Kier alpha value is -3.40. The third kappa shape index (κ3) is 6.07. The summed E-state index contributed by atoms with van der Waals surface area (Å²) in [5.74, 6) is -1.45. The molecule has 166 valence electrons. The first-order valence-corrected chi connectivity index (χ1v) is 11.3. The first-order chi connectivity index (χ1) is 15.5. The van der Waals surface area contributed by atoms with Crippen molar-refractivity contribution < 1.29 is 19.4 Å². The largest absolute Gasteiger partial charge is 0.545 e. The molecule has 0 aliphatic carbocycles. The molecular weight excluding hydrogens is 400 g/mol.